The molecule has 2 heterocycles. The van der Waals surface area contributed by atoms with Gasteiger partial charge in [-0.3, -0.25) is 0 Å². The first-order valence-electron chi connectivity index (χ1n) is 13.2. The number of hydrogen-bond acceptors (Lipinski definition) is 8. The van der Waals surface area contributed by atoms with Crippen molar-refractivity contribution in [2.75, 3.05) is 25.3 Å². The van der Waals surface area contributed by atoms with Crippen LogP contribution in [0.1, 0.15) is 11.4 Å². The SMILES string of the molecule is COc1ccc(N)cc1I.COc1ccc(Nc2cc(C#N)nc3ccccc23)cc1I.N#Cc1cc(Cl)c2ccccc2n1. The van der Waals surface area contributed by atoms with E-state index in [-0.39, 0.29) is 0 Å². The maximum atomic E-state index is 9.14. The van der Waals surface area contributed by atoms with E-state index in [0.29, 0.717) is 16.4 Å². The van der Waals surface area contributed by atoms with E-state index in [9.17, 15) is 0 Å². The molecule has 0 fully saturated rings. The molecule has 6 rings (SSSR count). The highest BCUT2D eigenvalue weighted by Crippen LogP contribution is 2.30. The molecule has 0 saturated carbocycles. The van der Waals surface area contributed by atoms with E-state index in [0.717, 1.165) is 57.5 Å². The summed E-state index contributed by atoms with van der Waals surface area (Å²) in [6.07, 6.45) is 0. The number of rotatable bonds is 4. The molecule has 0 aliphatic rings. The van der Waals surface area contributed by atoms with Gasteiger partial charge in [-0.2, -0.15) is 10.5 Å². The highest BCUT2D eigenvalue weighted by Gasteiger charge is 2.08. The third-order valence-electron chi connectivity index (χ3n) is 6.22. The van der Waals surface area contributed by atoms with Gasteiger partial charge in [0.2, 0.25) is 0 Å². The Morgan fingerprint density at radius 3 is 1.82 bits per heavy atom. The lowest BCUT2D eigenvalue weighted by atomic mass is 10.1. The number of ether oxygens (including phenoxy) is 2. The van der Waals surface area contributed by atoms with Gasteiger partial charge in [0, 0.05) is 22.1 Å². The van der Waals surface area contributed by atoms with Crippen molar-refractivity contribution in [3.63, 3.8) is 0 Å². The van der Waals surface area contributed by atoms with Gasteiger partial charge >= 0.3 is 0 Å². The zero-order valence-electron chi connectivity index (χ0n) is 24.1. The Balaban J connectivity index is 0.000000170. The lowest BCUT2D eigenvalue weighted by molar-refractivity contribution is 0.412. The second-order valence-corrected chi connectivity index (χ2v) is 11.9. The number of nitrogen functional groups attached to an aromatic ring is 1. The molecule has 0 aliphatic carbocycles. The summed E-state index contributed by atoms with van der Waals surface area (Å²) in [5.41, 5.74) is 10.4. The largest absolute Gasteiger partial charge is 0.496 e. The highest BCUT2D eigenvalue weighted by molar-refractivity contribution is 14.1. The predicted octanol–water partition coefficient (Wildman–Crippen LogP) is 9.11. The topological polar surface area (TPSA) is 130 Å². The minimum Gasteiger partial charge on any atom is -0.496 e. The number of nitrogens with one attached hydrogen (secondary N) is 1. The highest BCUT2D eigenvalue weighted by atomic mass is 127. The molecule has 8 nitrogen and oxygen atoms in total. The molecule has 0 saturated heterocycles. The third kappa shape index (κ3) is 8.85. The van der Waals surface area contributed by atoms with Gasteiger partial charge in [-0.05, 0) is 106 Å². The second-order valence-electron chi connectivity index (χ2n) is 9.17. The Kier molecular flexibility index (Phi) is 12.0. The van der Waals surface area contributed by atoms with Gasteiger partial charge in [-0.25, -0.2) is 9.97 Å². The van der Waals surface area contributed by atoms with Gasteiger partial charge in [0.25, 0.3) is 0 Å². The van der Waals surface area contributed by atoms with Gasteiger partial charge < -0.3 is 20.5 Å². The molecule has 0 bridgehead atoms. The average molecular weight is 839 g/mol. The molecular weight excluding hydrogens is 814 g/mol. The van der Waals surface area contributed by atoms with Crippen molar-refractivity contribution < 1.29 is 9.47 Å². The van der Waals surface area contributed by atoms with Crippen LogP contribution < -0.4 is 20.5 Å². The molecule has 224 valence electrons. The standard InChI is InChI=1S/C17H12IN3O.C10H5ClN2.C7H8INO/c1-22-17-7-6-11(8-14(17)18)20-16-9-12(10-19)21-15-5-3-2-4-13(15)16;11-9-5-7(6-12)13-10-4-2-1-3-8(9)10;1-10-7-3-2-5(9)4-6(7)8/h2-9H,1H3,(H,20,21);1-5H;2-4H,9H2,1H3. The minimum atomic E-state index is 0.351. The van der Waals surface area contributed by atoms with E-state index in [1.165, 1.54) is 0 Å². The lowest BCUT2D eigenvalue weighted by Crippen LogP contribution is -1.96. The normalized spacial score (nSPS) is 9.93. The smallest absolute Gasteiger partial charge is 0.143 e. The quantitative estimate of drug-likeness (QED) is 0.133. The number of anilines is 3. The summed E-state index contributed by atoms with van der Waals surface area (Å²) in [6, 6.07) is 34.1. The van der Waals surface area contributed by atoms with Crippen LogP contribution in [-0.2, 0) is 0 Å². The van der Waals surface area contributed by atoms with Crippen LogP contribution in [-0.4, -0.2) is 24.2 Å². The molecule has 0 amide bonds. The van der Waals surface area contributed by atoms with Crippen molar-refractivity contribution in [2.24, 2.45) is 0 Å². The summed E-state index contributed by atoms with van der Waals surface area (Å²) in [5, 5.41) is 23.6. The van der Waals surface area contributed by atoms with Crippen molar-refractivity contribution in [1.29, 1.82) is 10.5 Å². The Hall–Kier alpha value is -4.37. The number of halogens is 3. The lowest BCUT2D eigenvalue weighted by Gasteiger charge is -2.11. The van der Waals surface area contributed by atoms with Crippen LogP contribution in [0.4, 0.5) is 17.1 Å². The van der Waals surface area contributed by atoms with Crippen molar-refractivity contribution >= 4 is 95.7 Å². The fourth-order valence-electron chi connectivity index (χ4n) is 4.11. The number of hydrogen-bond donors (Lipinski definition) is 2. The summed E-state index contributed by atoms with van der Waals surface area (Å²) in [5.74, 6) is 1.71. The number of pyridine rings is 2. The number of para-hydroxylation sites is 2. The molecule has 45 heavy (non-hydrogen) atoms. The number of methoxy groups -OCH3 is 2. The van der Waals surface area contributed by atoms with Crippen LogP contribution in [0, 0.1) is 29.8 Å². The molecule has 0 atom stereocenters. The second kappa shape index (κ2) is 16.1. The molecule has 2 aromatic heterocycles. The van der Waals surface area contributed by atoms with E-state index >= 15 is 0 Å². The van der Waals surface area contributed by atoms with Crippen LogP contribution >= 0.6 is 56.8 Å². The number of fused-ring (bicyclic) bond motifs is 2. The Morgan fingerprint density at radius 2 is 1.24 bits per heavy atom. The molecule has 3 N–H and O–H groups in total. The van der Waals surface area contributed by atoms with E-state index in [1.807, 2.05) is 91.0 Å². The maximum Gasteiger partial charge on any atom is 0.143 e. The molecule has 11 heteroatoms. The average Bonchev–Trinajstić information content (AvgIpc) is 3.05. The first-order chi connectivity index (χ1) is 21.8. The molecule has 0 radical (unpaired) electrons. The summed E-state index contributed by atoms with van der Waals surface area (Å²) in [7, 11) is 3.30. The number of nitrogens with two attached hydrogens (primary N) is 1. The van der Waals surface area contributed by atoms with E-state index in [1.54, 1.807) is 26.4 Å². The summed E-state index contributed by atoms with van der Waals surface area (Å²) >= 11 is 10.4. The monoisotopic (exact) mass is 838 g/mol. The number of nitriles is 2. The van der Waals surface area contributed by atoms with E-state index < -0.39 is 0 Å². The fourth-order valence-corrected chi connectivity index (χ4v) is 5.87. The maximum absolute atomic E-state index is 9.14. The van der Waals surface area contributed by atoms with Crippen LogP contribution in [0.5, 0.6) is 11.5 Å². The summed E-state index contributed by atoms with van der Waals surface area (Å²) in [4.78, 5) is 8.43. The first-order valence-corrected chi connectivity index (χ1v) is 15.7. The molecule has 0 spiro atoms. The Labute approximate surface area is 293 Å². The van der Waals surface area contributed by atoms with E-state index in [4.69, 9.17) is 37.3 Å². The van der Waals surface area contributed by atoms with Crippen molar-refractivity contribution in [2.45, 2.75) is 0 Å². The van der Waals surface area contributed by atoms with Gasteiger partial charge in [0.15, 0.2) is 0 Å². The van der Waals surface area contributed by atoms with Crippen LogP contribution in [0.15, 0.2) is 97.1 Å². The van der Waals surface area contributed by atoms with Crippen LogP contribution in [0.3, 0.4) is 0 Å². The summed E-state index contributed by atoms with van der Waals surface area (Å²) in [6.45, 7) is 0. The van der Waals surface area contributed by atoms with Crippen molar-refractivity contribution in [1.82, 2.24) is 9.97 Å². The van der Waals surface area contributed by atoms with Crippen LogP contribution in [0.25, 0.3) is 21.8 Å². The van der Waals surface area contributed by atoms with Crippen LogP contribution in [0.2, 0.25) is 5.02 Å². The third-order valence-corrected chi connectivity index (χ3v) is 8.22. The van der Waals surface area contributed by atoms with Crippen molar-refractivity contribution in [3.8, 4) is 23.6 Å². The Morgan fingerprint density at radius 1 is 0.711 bits per heavy atom. The first kappa shape index (κ1) is 33.5. The van der Waals surface area contributed by atoms with Gasteiger partial charge in [-0.1, -0.05) is 48.0 Å². The predicted molar refractivity (Wildman–Crippen MR) is 197 cm³/mol. The summed E-state index contributed by atoms with van der Waals surface area (Å²) < 4.78 is 12.4. The van der Waals surface area contributed by atoms with Crippen molar-refractivity contribution in [3.05, 3.63) is 121 Å². The number of aromatic nitrogens is 2. The number of nitrogens with zero attached hydrogens (tertiary/aromatic N) is 4. The van der Waals surface area contributed by atoms with E-state index in [2.05, 4.69) is 66.5 Å². The molecular formula is C34H25ClI2N6O2. The molecule has 0 aliphatic heterocycles. The van der Waals surface area contributed by atoms with Gasteiger partial charge in [0.05, 0.1) is 43.1 Å². The zero-order chi connectivity index (χ0) is 32.3. The number of benzene rings is 4. The fraction of sp³-hybridized carbons (Fsp3) is 0.0588. The molecule has 6 aromatic rings. The Bertz CT molecular complexity index is 2060. The van der Waals surface area contributed by atoms with Gasteiger partial charge in [0.1, 0.15) is 35.0 Å². The van der Waals surface area contributed by atoms with Gasteiger partial charge in [-0.15, -0.1) is 0 Å². The molecule has 4 aromatic carbocycles. The minimum absolute atomic E-state index is 0.351. The zero-order valence-corrected chi connectivity index (χ0v) is 29.1. The molecule has 0 unspecified atom stereocenters.